The van der Waals surface area contributed by atoms with Crippen LogP contribution in [0.4, 0.5) is 0 Å². The molecule has 0 nitrogen and oxygen atoms in total. The molecule has 0 spiro atoms. The molecule has 2 heteroatoms. The summed E-state index contributed by atoms with van der Waals surface area (Å²) in [7, 11) is 0. The maximum Gasteiger partial charge on any atom is -0.107 e. The first-order chi connectivity index (χ1) is 1.41. The van der Waals surface area contributed by atoms with Crippen LogP contribution in [-0.2, 0) is 0 Å². The first-order valence-corrected chi connectivity index (χ1v) is 4.65. The fourth-order valence-corrected chi connectivity index (χ4v) is 0. The van der Waals surface area contributed by atoms with Gasteiger partial charge in [0, 0.05) is 0 Å². The van der Waals surface area contributed by atoms with Gasteiger partial charge in [0.25, 0.3) is 0 Å². The molecule has 0 aromatic heterocycles. The van der Waals surface area contributed by atoms with Crippen molar-refractivity contribution in [1.82, 2.24) is 0 Å². The normalized spacial score (nSPS) is 4.50. The second-order valence-corrected chi connectivity index (χ2v) is 2.32. The average molecular weight is 233 g/mol. The van der Waals surface area contributed by atoms with E-state index in [1.165, 1.54) is 0 Å². The SMILES string of the molecule is C[As]C.I. The van der Waals surface area contributed by atoms with Gasteiger partial charge in [0.15, 0.2) is 0 Å². The molecule has 0 aromatic rings. The molecule has 0 aliphatic rings. The molecule has 0 aliphatic carbocycles. The van der Waals surface area contributed by atoms with Crippen molar-refractivity contribution in [3.8, 4) is 0 Å². The predicted octanol–water partition coefficient (Wildman–Crippen LogP) is 1.40. The van der Waals surface area contributed by atoms with E-state index in [9.17, 15) is 0 Å². The average Bonchev–Trinajstić information content (AvgIpc) is 0.918. The molecule has 0 saturated carbocycles. The van der Waals surface area contributed by atoms with Crippen molar-refractivity contribution in [2.75, 3.05) is 0 Å². The van der Waals surface area contributed by atoms with Gasteiger partial charge in [0.1, 0.15) is 0 Å². The summed E-state index contributed by atoms with van der Waals surface area (Å²) in [4.78, 5) is 0. The quantitative estimate of drug-likeness (QED) is 0.438. The zero-order valence-corrected chi connectivity index (χ0v) is 7.06. The van der Waals surface area contributed by atoms with E-state index in [0.717, 1.165) is 0 Å². The Balaban J connectivity index is 0. The summed E-state index contributed by atoms with van der Waals surface area (Å²) in [6.45, 7) is 0. The molecule has 0 N–H and O–H groups in total. The Bertz CT molecular complexity index is 6.00. The number of hydrogen-bond acceptors (Lipinski definition) is 0. The van der Waals surface area contributed by atoms with Crippen LogP contribution in [0.2, 0.25) is 11.4 Å². The summed E-state index contributed by atoms with van der Waals surface area (Å²) >= 11 is 0.688. The molecule has 27 valence electrons. The second kappa shape index (κ2) is 8.86. The summed E-state index contributed by atoms with van der Waals surface area (Å²) < 4.78 is 0. The van der Waals surface area contributed by atoms with Gasteiger partial charge >= 0.3 is 27.2 Å². The third-order valence-electron chi connectivity index (χ3n) is 0. The van der Waals surface area contributed by atoms with Gasteiger partial charge in [0.2, 0.25) is 0 Å². The molecule has 0 amide bonds. The molecule has 0 aliphatic heterocycles. The van der Waals surface area contributed by atoms with Gasteiger partial charge in [-0.15, -0.1) is 24.0 Å². The Morgan fingerprint density at radius 2 is 1.25 bits per heavy atom. The summed E-state index contributed by atoms with van der Waals surface area (Å²) in [5.41, 5.74) is 4.44. The van der Waals surface area contributed by atoms with E-state index in [1.54, 1.807) is 0 Å². The van der Waals surface area contributed by atoms with Crippen LogP contribution in [0.1, 0.15) is 0 Å². The maximum atomic E-state index is 2.22. The standard InChI is InChI=1S/C2H6As.HI/c1-3-2;/h1-2H3;1H. The minimum absolute atomic E-state index is 0. The van der Waals surface area contributed by atoms with E-state index in [0.29, 0.717) is 15.8 Å². The van der Waals surface area contributed by atoms with Gasteiger partial charge in [-0.3, -0.25) is 0 Å². The molecule has 0 bridgehead atoms. The molecule has 0 unspecified atom stereocenters. The van der Waals surface area contributed by atoms with E-state index >= 15 is 0 Å². The Morgan fingerprint density at radius 3 is 1.25 bits per heavy atom. The molecule has 0 heterocycles. The van der Waals surface area contributed by atoms with Crippen LogP contribution in [0, 0.1) is 0 Å². The van der Waals surface area contributed by atoms with E-state index in [1.807, 2.05) is 0 Å². The van der Waals surface area contributed by atoms with Crippen LogP contribution < -0.4 is 0 Å². The van der Waals surface area contributed by atoms with Gasteiger partial charge in [-0.05, 0) is 0 Å². The van der Waals surface area contributed by atoms with Gasteiger partial charge < -0.3 is 0 Å². The molecular weight excluding hydrogens is 226 g/mol. The third kappa shape index (κ3) is 10.4. The molecular formula is C2H7AsI. The van der Waals surface area contributed by atoms with Crippen molar-refractivity contribution in [2.45, 2.75) is 11.4 Å². The minimum atomic E-state index is 0. The summed E-state index contributed by atoms with van der Waals surface area (Å²) in [5, 5.41) is 0. The van der Waals surface area contributed by atoms with Crippen molar-refractivity contribution in [3.63, 3.8) is 0 Å². The fourth-order valence-electron chi connectivity index (χ4n) is 0. The smallest absolute Gasteiger partial charge is 0.107 e. The first kappa shape index (κ1) is 8.99. The molecule has 0 atom stereocenters. The van der Waals surface area contributed by atoms with E-state index in [2.05, 4.69) is 11.4 Å². The Kier molecular flexibility index (Phi) is 19.9. The van der Waals surface area contributed by atoms with E-state index in [4.69, 9.17) is 0 Å². The monoisotopic (exact) mass is 233 g/mol. The molecule has 0 rings (SSSR count). The number of halogens is 1. The Labute approximate surface area is 51.1 Å². The fraction of sp³-hybridized carbons (Fsp3) is 1.00. The Hall–Kier alpha value is 1.29. The van der Waals surface area contributed by atoms with Crippen LogP contribution in [0.5, 0.6) is 0 Å². The zero-order valence-electron chi connectivity index (χ0n) is 2.86. The zero-order chi connectivity index (χ0) is 2.71. The van der Waals surface area contributed by atoms with Crippen LogP contribution >= 0.6 is 24.0 Å². The number of rotatable bonds is 0. The van der Waals surface area contributed by atoms with Crippen LogP contribution in [-0.4, -0.2) is 15.8 Å². The van der Waals surface area contributed by atoms with E-state index in [-0.39, 0.29) is 24.0 Å². The van der Waals surface area contributed by atoms with Crippen molar-refractivity contribution in [2.24, 2.45) is 0 Å². The van der Waals surface area contributed by atoms with Crippen LogP contribution in [0.25, 0.3) is 0 Å². The van der Waals surface area contributed by atoms with Gasteiger partial charge in [-0.25, -0.2) is 0 Å². The van der Waals surface area contributed by atoms with E-state index < -0.39 is 0 Å². The van der Waals surface area contributed by atoms with Crippen molar-refractivity contribution in [3.05, 3.63) is 0 Å². The van der Waals surface area contributed by atoms with Gasteiger partial charge in [-0.2, -0.15) is 0 Å². The first-order valence-electron chi connectivity index (χ1n) is 0.894. The van der Waals surface area contributed by atoms with Crippen LogP contribution in [0.15, 0.2) is 0 Å². The van der Waals surface area contributed by atoms with Gasteiger partial charge in [0.05, 0.1) is 0 Å². The van der Waals surface area contributed by atoms with Crippen molar-refractivity contribution >= 4 is 39.7 Å². The second-order valence-electron chi connectivity index (χ2n) is 0.447. The summed E-state index contributed by atoms with van der Waals surface area (Å²) in [6, 6.07) is 0. The molecule has 1 radical (unpaired) electrons. The minimum Gasteiger partial charge on any atom is -0.107 e. The molecule has 0 fully saturated rings. The molecule has 4 heavy (non-hydrogen) atoms. The summed E-state index contributed by atoms with van der Waals surface area (Å²) in [6.07, 6.45) is 0. The molecule has 0 aromatic carbocycles. The molecule has 0 saturated heterocycles. The largest absolute Gasteiger partial charge is 0.107 e. The van der Waals surface area contributed by atoms with Crippen molar-refractivity contribution in [1.29, 1.82) is 0 Å². The third-order valence-corrected chi connectivity index (χ3v) is 0. The summed E-state index contributed by atoms with van der Waals surface area (Å²) in [5.74, 6) is 0. The van der Waals surface area contributed by atoms with Crippen molar-refractivity contribution < 1.29 is 0 Å². The number of hydrogen-bond donors (Lipinski definition) is 0. The topological polar surface area (TPSA) is 0 Å². The Morgan fingerprint density at radius 1 is 1.25 bits per heavy atom. The predicted molar refractivity (Wildman–Crippen MR) is 32.9 cm³/mol. The maximum absolute atomic E-state index is 2.22. The van der Waals surface area contributed by atoms with Gasteiger partial charge in [-0.1, -0.05) is 0 Å². The van der Waals surface area contributed by atoms with Crippen LogP contribution in [0.3, 0.4) is 0 Å².